The molecule has 0 aliphatic rings. The van der Waals surface area contributed by atoms with Gasteiger partial charge in [-0.2, -0.15) is 0 Å². The molecule has 2 aromatic rings. The normalized spacial score (nSPS) is 12.7. The fourth-order valence-electron chi connectivity index (χ4n) is 1.44. The average molecular weight is 238 g/mol. The van der Waals surface area contributed by atoms with Gasteiger partial charge >= 0.3 is 0 Å². The van der Waals surface area contributed by atoms with Crippen LogP contribution in [0.15, 0.2) is 30.5 Å². The van der Waals surface area contributed by atoms with E-state index in [9.17, 15) is 5.11 Å². The molecule has 2 rings (SSSR count). The van der Waals surface area contributed by atoms with Gasteiger partial charge in [0.1, 0.15) is 0 Å². The van der Waals surface area contributed by atoms with E-state index in [1.165, 1.54) is 0 Å². The predicted molar refractivity (Wildman–Crippen MR) is 61.8 cm³/mol. The van der Waals surface area contributed by atoms with Crippen LogP contribution >= 0.6 is 11.6 Å². The van der Waals surface area contributed by atoms with Crippen molar-refractivity contribution in [1.82, 2.24) is 15.0 Å². The summed E-state index contributed by atoms with van der Waals surface area (Å²) < 4.78 is 1.64. The van der Waals surface area contributed by atoms with E-state index in [-0.39, 0.29) is 0 Å². The number of hydrogen-bond donors (Lipinski definition) is 1. The Kier molecular flexibility index (Phi) is 3.22. The molecule has 5 heteroatoms. The van der Waals surface area contributed by atoms with Crippen molar-refractivity contribution in [3.05, 3.63) is 41.2 Å². The van der Waals surface area contributed by atoms with E-state index in [0.29, 0.717) is 11.4 Å². The van der Waals surface area contributed by atoms with Gasteiger partial charge in [0.05, 0.1) is 23.7 Å². The number of benzene rings is 1. The average Bonchev–Trinajstić information content (AvgIpc) is 2.65. The first-order valence-electron chi connectivity index (χ1n) is 5.00. The second kappa shape index (κ2) is 4.63. The number of rotatable bonds is 3. The maximum absolute atomic E-state index is 9.23. The van der Waals surface area contributed by atoms with Crippen LogP contribution in [0, 0.1) is 0 Å². The van der Waals surface area contributed by atoms with E-state index >= 15 is 0 Å². The summed E-state index contributed by atoms with van der Waals surface area (Å²) in [6.45, 7) is 1.72. The van der Waals surface area contributed by atoms with Crippen LogP contribution in [0.5, 0.6) is 0 Å². The second-order valence-electron chi connectivity index (χ2n) is 3.69. The highest BCUT2D eigenvalue weighted by Crippen LogP contribution is 2.14. The summed E-state index contributed by atoms with van der Waals surface area (Å²) >= 11 is 5.88. The molecule has 0 saturated carbocycles. The third-order valence-electron chi connectivity index (χ3n) is 2.12. The van der Waals surface area contributed by atoms with Gasteiger partial charge in [-0.3, -0.25) is 0 Å². The molecule has 84 valence electrons. The minimum absolute atomic E-state index is 0.412. The molecule has 0 bridgehead atoms. The minimum Gasteiger partial charge on any atom is -0.393 e. The summed E-state index contributed by atoms with van der Waals surface area (Å²) in [5.74, 6) is 0. The second-order valence-corrected chi connectivity index (χ2v) is 4.12. The Hall–Kier alpha value is -1.39. The number of nitrogens with zero attached hydrogens (tertiary/aromatic N) is 3. The molecule has 0 fully saturated rings. The third kappa shape index (κ3) is 2.59. The van der Waals surface area contributed by atoms with Gasteiger partial charge in [0, 0.05) is 11.4 Å². The lowest BCUT2D eigenvalue weighted by atomic mass is 10.2. The molecule has 1 unspecified atom stereocenters. The van der Waals surface area contributed by atoms with Gasteiger partial charge in [-0.15, -0.1) is 5.10 Å². The van der Waals surface area contributed by atoms with Crippen LogP contribution in [0.2, 0.25) is 5.02 Å². The largest absolute Gasteiger partial charge is 0.393 e. The van der Waals surface area contributed by atoms with Crippen LogP contribution in [0.1, 0.15) is 12.6 Å². The molecule has 0 saturated heterocycles. The van der Waals surface area contributed by atoms with Gasteiger partial charge in [-0.1, -0.05) is 22.9 Å². The lowest BCUT2D eigenvalue weighted by molar-refractivity contribution is 0.194. The lowest BCUT2D eigenvalue weighted by Gasteiger charge is -2.00. The Labute approximate surface area is 98.5 Å². The molecule has 1 aromatic heterocycles. The van der Waals surface area contributed by atoms with Crippen LogP contribution in [0.4, 0.5) is 0 Å². The number of aliphatic hydroxyl groups is 1. The van der Waals surface area contributed by atoms with Crippen LogP contribution in [-0.2, 0) is 6.42 Å². The molecular weight excluding hydrogens is 226 g/mol. The molecule has 4 nitrogen and oxygen atoms in total. The third-order valence-corrected chi connectivity index (χ3v) is 2.35. The van der Waals surface area contributed by atoms with Crippen molar-refractivity contribution in [2.75, 3.05) is 0 Å². The number of hydrogen-bond acceptors (Lipinski definition) is 3. The summed E-state index contributed by atoms with van der Waals surface area (Å²) in [5.41, 5.74) is 1.62. The van der Waals surface area contributed by atoms with Crippen molar-refractivity contribution in [2.45, 2.75) is 19.4 Å². The highest BCUT2D eigenvalue weighted by molar-refractivity contribution is 6.30. The van der Waals surface area contributed by atoms with Gasteiger partial charge in [-0.25, -0.2) is 4.68 Å². The Bertz CT molecular complexity index is 482. The minimum atomic E-state index is -0.412. The maximum atomic E-state index is 9.23. The first-order chi connectivity index (χ1) is 7.65. The van der Waals surface area contributed by atoms with Crippen LogP contribution in [0.25, 0.3) is 5.69 Å². The zero-order chi connectivity index (χ0) is 11.5. The molecule has 16 heavy (non-hydrogen) atoms. The summed E-state index contributed by atoms with van der Waals surface area (Å²) in [7, 11) is 0. The molecule has 0 spiro atoms. The van der Waals surface area contributed by atoms with Crippen molar-refractivity contribution in [3.63, 3.8) is 0 Å². The van der Waals surface area contributed by atoms with Gasteiger partial charge in [0.15, 0.2) is 0 Å². The maximum Gasteiger partial charge on any atom is 0.0857 e. The Morgan fingerprint density at radius 2 is 2.31 bits per heavy atom. The monoisotopic (exact) mass is 237 g/mol. The van der Waals surface area contributed by atoms with Crippen molar-refractivity contribution in [2.24, 2.45) is 0 Å². The standard InChI is InChI=1S/C11H12ClN3O/c1-8(16)5-10-7-15(14-13-10)11-4-2-3-9(12)6-11/h2-4,6-8,16H,5H2,1H3. The van der Waals surface area contributed by atoms with E-state index in [1.54, 1.807) is 23.9 Å². The lowest BCUT2D eigenvalue weighted by Crippen LogP contribution is -2.04. The van der Waals surface area contributed by atoms with E-state index in [4.69, 9.17) is 11.6 Å². The number of aliphatic hydroxyl groups excluding tert-OH is 1. The topological polar surface area (TPSA) is 50.9 Å². The van der Waals surface area contributed by atoms with Crippen molar-refractivity contribution < 1.29 is 5.11 Å². The molecule has 1 heterocycles. The van der Waals surface area contributed by atoms with Gasteiger partial charge in [0.2, 0.25) is 0 Å². The predicted octanol–water partition coefficient (Wildman–Crippen LogP) is 1.84. The first kappa shape index (κ1) is 11.1. The highest BCUT2D eigenvalue weighted by atomic mass is 35.5. The van der Waals surface area contributed by atoms with E-state index in [2.05, 4.69) is 10.3 Å². The summed E-state index contributed by atoms with van der Waals surface area (Å²) in [5, 5.41) is 17.8. The van der Waals surface area contributed by atoms with Gasteiger partial charge in [0.25, 0.3) is 0 Å². The van der Waals surface area contributed by atoms with Gasteiger partial charge in [-0.05, 0) is 25.1 Å². The van der Waals surface area contributed by atoms with Gasteiger partial charge < -0.3 is 5.11 Å². The molecule has 1 N–H and O–H groups in total. The SMILES string of the molecule is CC(O)Cc1cn(-c2cccc(Cl)c2)nn1. The summed E-state index contributed by atoms with van der Waals surface area (Å²) in [4.78, 5) is 0. The summed E-state index contributed by atoms with van der Waals surface area (Å²) in [6.07, 6.45) is 1.88. The van der Waals surface area contributed by atoms with E-state index < -0.39 is 6.10 Å². The quantitative estimate of drug-likeness (QED) is 0.886. The van der Waals surface area contributed by atoms with Crippen LogP contribution in [0.3, 0.4) is 0 Å². The number of halogens is 1. The van der Waals surface area contributed by atoms with Crippen molar-refractivity contribution in [1.29, 1.82) is 0 Å². The van der Waals surface area contributed by atoms with Crippen LogP contribution in [-0.4, -0.2) is 26.2 Å². The molecule has 0 aliphatic carbocycles. The Morgan fingerprint density at radius 3 is 3.00 bits per heavy atom. The fourth-order valence-corrected chi connectivity index (χ4v) is 1.62. The molecule has 0 amide bonds. The summed E-state index contributed by atoms with van der Waals surface area (Å²) in [6, 6.07) is 7.36. The van der Waals surface area contributed by atoms with Crippen molar-refractivity contribution in [3.8, 4) is 5.69 Å². The molecule has 0 aliphatic heterocycles. The smallest absolute Gasteiger partial charge is 0.0857 e. The Morgan fingerprint density at radius 1 is 1.50 bits per heavy atom. The first-order valence-corrected chi connectivity index (χ1v) is 5.38. The van der Waals surface area contributed by atoms with E-state index in [0.717, 1.165) is 11.4 Å². The van der Waals surface area contributed by atoms with Crippen molar-refractivity contribution >= 4 is 11.6 Å². The van der Waals surface area contributed by atoms with E-state index in [1.807, 2.05) is 18.2 Å². The molecule has 0 radical (unpaired) electrons. The molecular formula is C11H12ClN3O. The Balaban J connectivity index is 2.24. The highest BCUT2D eigenvalue weighted by Gasteiger charge is 2.05. The molecule has 1 atom stereocenters. The molecule has 1 aromatic carbocycles. The van der Waals surface area contributed by atoms with Crippen LogP contribution < -0.4 is 0 Å². The number of aromatic nitrogens is 3. The zero-order valence-corrected chi connectivity index (χ0v) is 9.59. The zero-order valence-electron chi connectivity index (χ0n) is 8.84. The fraction of sp³-hybridized carbons (Fsp3) is 0.273.